The summed E-state index contributed by atoms with van der Waals surface area (Å²) in [6.45, 7) is 4.60. The van der Waals surface area contributed by atoms with E-state index in [0.717, 1.165) is 5.56 Å². The van der Waals surface area contributed by atoms with Crippen LogP contribution in [0, 0.1) is 5.82 Å². The third-order valence-corrected chi connectivity index (χ3v) is 5.73. The Morgan fingerprint density at radius 2 is 1.97 bits per heavy atom. The first kappa shape index (κ1) is 23.2. The first-order valence-corrected chi connectivity index (χ1v) is 11.6. The Labute approximate surface area is 186 Å². The van der Waals surface area contributed by atoms with Gasteiger partial charge in [-0.3, -0.25) is 14.4 Å². The van der Waals surface area contributed by atoms with Crippen LogP contribution < -0.4 is 9.86 Å². The third kappa shape index (κ3) is 6.76. The molecule has 0 radical (unpaired) electrons. The molecule has 0 aliphatic carbocycles. The van der Waals surface area contributed by atoms with Gasteiger partial charge in [0, 0.05) is 43.3 Å². The molecule has 0 aromatic heterocycles. The number of nitrogens with two attached hydrogens (primary N) is 1. The lowest BCUT2D eigenvalue weighted by Gasteiger charge is -2.39. The summed E-state index contributed by atoms with van der Waals surface area (Å²) in [5, 5.41) is 5.38. The monoisotopic (exact) mass is 466 g/mol. The summed E-state index contributed by atoms with van der Waals surface area (Å²) in [5.41, 5.74) is 1.68. The number of nitrogens with zero attached hydrogens (tertiary/aromatic N) is 2. The molecule has 1 saturated heterocycles. The van der Waals surface area contributed by atoms with E-state index in [-0.39, 0.29) is 23.5 Å². The molecule has 3 N–H and O–H groups in total. The van der Waals surface area contributed by atoms with E-state index in [1.807, 2.05) is 6.92 Å². The van der Waals surface area contributed by atoms with Crippen molar-refractivity contribution in [2.75, 3.05) is 24.4 Å². The van der Waals surface area contributed by atoms with Crippen molar-refractivity contribution in [3.63, 3.8) is 0 Å². The van der Waals surface area contributed by atoms with Crippen molar-refractivity contribution in [1.82, 2.24) is 9.80 Å². The van der Waals surface area contributed by atoms with E-state index in [0.29, 0.717) is 36.8 Å². The fourth-order valence-corrected chi connectivity index (χ4v) is 4.18. The van der Waals surface area contributed by atoms with Crippen LogP contribution >= 0.6 is 11.6 Å². The van der Waals surface area contributed by atoms with E-state index in [1.54, 1.807) is 29.2 Å². The number of nitrogens with one attached hydrogen (secondary N) is 1. The van der Waals surface area contributed by atoms with Crippen LogP contribution in [0.4, 0.5) is 10.1 Å². The van der Waals surface area contributed by atoms with Gasteiger partial charge >= 0.3 is 0 Å². The van der Waals surface area contributed by atoms with Crippen LogP contribution in [0.1, 0.15) is 18.1 Å². The topological polar surface area (TPSA) is 95.7 Å². The summed E-state index contributed by atoms with van der Waals surface area (Å²) < 4.78 is 38.0. The maximum Gasteiger partial charge on any atom is 0.296 e. The molecule has 1 atom stereocenters. The minimum Gasteiger partial charge on any atom is -0.334 e. The van der Waals surface area contributed by atoms with Gasteiger partial charge in [0.15, 0.2) is 0 Å². The number of carbonyl (C=O) groups is 1. The first-order valence-electron chi connectivity index (χ1n) is 9.66. The molecule has 0 bridgehead atoms. The molecule has 1 amide bonds. The van der Waals surface area contributed by atoms with Gasteiger partial charge in [-0.25, -0.2) is 9.53 Å². The molecular weight excluding hydrogens is 443 g/mol. The lowest BCUT2D eigenvalue weighted by atomic mass is 10.1. The highest BCUT2D eigenvalue weighted by Crippen LogP contribution is 2.23. The smallest absolute Gasteiger partial charge is 0.296 e. The summed E-state index contributed by atoms with van der Waals surface area (Å²) in [6.07, 6.45) is 2.94. The van der Waals surface area contributed by atoms with Crippen molar-refractivity contribution in [1.29, 1.82) is 0 Å². The zero-order valence-corrected chi connectivity index (χ0v) is 18.5. The molecule has 7 nitrogen and oxygen atoms in total. The average Bonchev–Trinajstić information content (AvgIpc) is 2.68. The van der Waals surface area contributed by atoms with Crippen molar-refractivity contribution in [2.45, 2.75) is 19.5 Å². The van der Waals surface area contributed by atoms with Gasteiger partial charge < -0.3 is 4.90 Å². The summed E-state index contributed by atoms with van der Waals surface area (Å²) in [4.78, 5) is 16.7. The lowest BCUT2D eigenvalue weighted by molar-refractivity contribution is -0.130. The maximum absolute atomic E-state index is 13.1. The molecule has 10 heteroatoms. The van der Waals surface area contributed by atoms with Crippen LogP contribution in [0.5, 0.6) is 0 Å². The van der Waals surface area contributed by atoms with Crippen molar-refractivity contribution in [2.24, 2.45) is 5.14 Å². The Morgan fingerprint density at radius 1 is 1.26 bits per heavy atom. The van der Waals surface area contributed by atoms with Crippen LogP contribution in [0.25, 0.3) is 6.08 Å². The molecule has 1 aliphatic rings. The van der Waals surface area contributed by atoms with Gasteiger partial charge in [0.1, 0.15) is 5.82 Å². The van der Waals surface area contributed by atoms with Gasteiger partial charge in [-0.05, 0) is 48.4 Å². The molecule has 1 heterocycles. The maximum atomic E-state index is 13.1. The zero-order valence-electron chi connectivity index (χ0n) is 17.0. The Morgan fingerprint density at radius 3 is 2.61 bits per heavy atom. The van der Waals surface area contributed by atoms with Crippen molar-refractivity contribution < 1.29 is 17.6 Å². The molecular formula is C21H24ClFN4O3S. The molecule has 31 heavy (non-hydrogen) atoms. The fraction of sp³-hybridized carbons (Fsp3) is 0.286. The van der Waals surface area contributed by atoms with Crippen LogP contribution in [0.2, 0.25) is 5.02 Å². The lowest BCUT2D eigenvalue weighted by Crippen LogP contribution is -2.53. The van der Waals surface area contributed by atoms with Gasteiger partial charge in [0.05, 0.1) is 5.69 Å². The minimum absolute atomic E-state index is 0.0152. The fourth-order valence-electron chi connectivity index (χ4n) is 3.52. The standard InChI is InChI=1S/C21H24ClFN4O3S/c1-15-13-26(14-16-2-7-19(23)8-3-16)10-11-27(15)21(28)9-5-17-4-6-18(22)12-20(17)25-31(24,29)30/h2-9,12,15,25H,10-11,13-14H2,1H3,(H2,24,29,30). The van der Waals surface area contributed by atoms with Crippen LogP contribution in [0.15, 0.2) is 48.5 Å². The Bertz CT molecular complexity index is 1080. The summed E-state index contributed by atoms with van der Waals surface area (Å²) in [7, 11) is -3.98. The number of benzene rings is 2. The van der Waals surface area contributed by atoms with E-state index in [9.17, 15) is 17.6 Å². The molecule has 1 unspecified atom stereocenters. The molecule has 2 aromatic carbocycles. The number of anilines is 1. The second kappa shape index (κ2) is 9.78. The van der Waals surface area contributed by atoms with Crippen molar-refractivity contribution >= 4 is 39.5 Å². The molecule has 1 aliphatic heterocycles. The molecule has 3 rings (SSSR count). The average molecular weight is 467 g/mol. The largest absolute Gasteiger partial charge is 0.334 e. The van der Waals surface area contributed by atoms with Crippen LogP contribution in [0.3, 0.4) is 0 Å². The highest BCUT2D eigenvalue weighted by atomic mass is 35.5. The Balaban J connectivity index is 1.64. The highest BCUT2D eigenvalue weighted by molar-refractivity contribution is 7.90. The predicted octanol–water partition coefficient (Wildman–Crippen LogP) is 2.84. The summed E-state index contributed by atoms with van der Waals surface area (Å²) >= 11 is 5.93. The zero-order chi connectivity index (χ0) is 22.6. The second-order valence-electron chi connectivity index (χ2n) is 7.45. The number of amides is 1. The van der Waals surface area contributed by atoms with Crippen molar-refractivity contribution in [3.05, 3.63) is 70.5 Å². The van der Waals surface area contributed by atoms with Gasteiger partial charge in [-0.2, -0.15) is 8.42 Å². The minimum atomic E-state index is -3.98. The first-order chi connectivity index (χ1) is 14.6. The van der Waals surface area contributed by atoms with Crippen LogP contribution in [-0.4, -0.2) is 49.8 Å². The van der Waals surface area contributed by atoms with E-state index in [4.69, 9.17) is 16.7 Å². The number of carbonyl (C=O) groups excluding carboxylic acids is 1. The number of piperazine rings is 1. The summed E-state index contributed by atoms with van der Waals surface area (Å²) in [6, 6.07) is 11.0. The van der Waals surface area contributed by atoms with E-state index >= 15 is 0 Å². The molecule has 1 fully saturated rings. The normalized spacial score (nSPS) is 17.8. The number of halogens is 2. The Hall–Kier alpha value is -2.46. The van der Waals surface area contributed by atoms with Gasteiger partial charge in [0.2, 0.25) is 5.91 Å². The molecule has 2 aromatic rings. The van der Waals surface area contributed by atoms with E-state index < -0.39 is 10.2 Å². The number of hydrogen-bond donors (Lipinski definition) is 2. The van der Waals surface area contributed by atoms with Gasteiger partial charge in [0.25, 0.3) is 10.2 Å². The molecule has 0 spiro atoms. The van der Waals surface area contributed by atoms with Crippen LogP contribution in [-0.2, 0) is 21.5 Å². The van der Waals surface area contributed by atoms with Crippen molar-refractivity contribution in [3.8, 4) is 0 Å². The molecule has 0 saturated carbocycles. The van der Waals surface area contributed by atoms with E-state index in [1.165, 1.54) is 30.4 Å². The highest BCUT2D eigenvalue weighted by Gasteiger charge is 2.26. The predicted molar refractivity (Wildman–Crippen MR) is 120 cm³/mol. The third-order valence-electron chi connectivity index (χ3n) is 4.99. The number of hydrogen-bond acceptors (Lipinski definition) is 4. The SMILES string of the molecule is CC1CN(Cc2ccc(F)cc2)CCN1C(=O)C=Cc1ccc(Cl)cc1NS(N)(=O)=O. The Kier molecular flexibility index (Phi) is 7.32. The van der Waals surface area contributed by atoms with Gasteiger partial charge in [-0.15, -0.1) is 0 Å². The number of rotatable bonds is 6. The quantitative estimate of drug-likeness (QED) is 0.640. The second-order valence-corrected chi connectivity index (χ2v) is 9.18. The summed E-state index contributed by atoms with van der Waals surface area (Å²) in [5.74, 6) is -0.437. The molecule has 166 valence electrons. The van der Waals surface area contributed by atoms with E-state index in [2.05, 4.69) is 9.62 Å². The van der Waals surface area contributed by atoms with Gasteiger partial charge in [-0.1, -0.05) is 29.8 Å².